The highest BCUT2D eigenvalue weighted by atomic mass is 15.1. The molecule has 2 nitrogen and oxygen atoms in total. The second-order valence-electron chi connectivity index (χ2n) is 8.52. The smallest absolute Gasteiger partial charge is 0.0461 e. The summed E-state index contributed by atoms with van der Waals surface area (Å²) in [4.78, 5) is 4.73. The van der Waals surface area contributed by atoms with Crippen LogP contribution >= 0.6 is 0 Å². The van der Waals surface area contributed by atoms with Crippen LogP contribution in [-0.4, -0.2) is 6.54 Å². The molecule has 0 bridgehead atoms. The molecular formula is C30H32N2. The number of nitrogens with zero attached hydrogens (tertiary/aromatic N) is 2. The quantitative estimate of drug-likeness (QED) is 0.298. The first kappa shape index (κ1) is 21.7. The van der Waals surface area contributed by atoms with Crippen molar-refractivity contribution in [3.63, 3.8) is 0 Å². The van der Waals surface area contributed by atoms with Crippen LogP contribution in [0.25, 0.3) is 0 Å². The summed E-state index contributed by atoms with van der Waals surface area (Å²) in [5.74, 6) is 0. The van der Waals surface area contributed by atoms with Crippen molar-refractivity contribution >= 4 is 22.7 Å². The molecule has 162 valence electrons. The molecule has 0 unspecified atom stereocenters. The van der Waals surface area contributed by atoms with Gasteiger partial charge in [-0.25, -0.2) is 0 Å². The van der Waals surface area contributed by atoms with Crippen LogP contribution in [0.15, 0.2) is 97.1 Å². The van der Waals surface area contributed by atoms with Gasteiger partial charge in [-0.3, -0.25) is 0 Å². The van der Waals surface area contributed by atoms with E-state index in [2.05, 4.69) is 135 Å². The third-order valence-corrected chi connectivity index (χ3v) is 5.93. The van der Waals surface area contributed by atoms with Gasteiger partial charge in [0.25, 0.3) is 0 Å². The van der Waals surface area contributed by atoms with Crippen LogP contribution in [0.3, 0.4) is 0 Å². The Hall–Kier alpha value is -3.52. The van der Waals surface area contributed by atoms with E-state index in [0.29, 0.717) is 0 Å². The summed E-state index contributed by atoms with van der Waals surface area (Å²) in [5, 5.41) is 0. The zero-order chi connectivity index (χ0) is 22.5. The third-order valence-electron chi connectivity index (χ3n) is 5.93. The van der Waals surface area contributed by atoms with Crippen LogP contribution in [0.2, 0.25) is 0 Å². The molecule has 0 aromatic heterocycles. The van der Waals surface area contributed by atoms with Crippen molar-refractivity contribution in [2.24, 2.45) is 0 Å². The topological polar surface area (TPSA) is 6.48 Å². The first-order valence-corrected chi connectivity index (χ1v) is 11.4. The van der Waals surface area contributed by atoms with Crippen LogP contribution in [0, 0.1) is 20.8 Å². The van der Waals surface area contributed by atoms with E-state index in [-0.39, 0.29) is 0 Å². The van der Waals surface area contributed by atoms with Gasteiger partial charge in [-0.2, -0.15) is 0 Å². The molecule has 0 aliphatic rings. The molecule has 4 aromatic rings. The van der Waals surface area contributed by atoms with Crippen molar-refractivity contribution in [2.75, 3.05) is 16.3 Å². The summed E-state index contributed by atoms with van der Waals surface area (Å²) >= 11 is 0. The Labute approximate surface area is 192 Å². The minimum absolute atomic E-state index is 0.898. The summed E-state index contributed by atoms with van der Waals surface area (Å²) in [6.45, 7) is 10.5. The van der Waals surface area contributed by atoms with Crippen molar-refractivity contribution < 1.29 is 0 Å². The Balaban J connectivity index is 1.62. The molecular weight excluding hydrogens is 388 g/mol. The van der Waals surface area contributed by atoms with Gasteiger partial charge in [0.2, 0.25) is 0 Å². The molecule has 0 spiro atoms. The fourth-order valence-corrected chi connectivity index (χ4v) is 3.95. The number of aryl methyl sites for hydroxylation is 3. The largest absolute Gasteiger partial charge is 0.367 e. The lowest BCUT2D eigenvalue weighted by Crippen LogP contribution is -2.21. The molecule has 0 amide bonds. The lowest BCUT2D eigenvalue weighted by Gasteiger charge is -2.27. The SMILES string of the molecule is CCN(Cc1ccc(N(c2ccc(C)cc2)c2ccc(C)cc2)cc1)c1ccc(C)cc1. The summed E-state index contributed by atoms with van der Waals surface area (Å²) in [7, 11) is 0. The molecule has 2 heteroatoms. The minimum atomic E-state index is 0.898. The standard InChI is InChI=1S/C30H32N2/c1-5-31(27-14-6-23(2)7-15-27)22-26-12-20-30(21-13-26)32(28-16-8-24(3)9-17-28)29-18-10-25(4)11-19-29/h6-21H,5,22H2,1-4H3. The predicted octanol–water partition coefficient (Wildman–Crippen LogP) is 8.11. The van der Waals surface area contributed by atoms with Crippen LogP contribution < -0.4 is 9.80 Å². The number of benzene rings is 4. The van der Waals surface area contributed by atoms with Crippen molar-refractivity contribution in [1.82, 2.24) is 0 Å². The van der Waals surface area contributed by atoms with Crippen LogP contribution in [0.4, 0.5) is 22.7 Å². The van der Waals surface area contributed by atoms with Crippen LogP contribution in [0.5, 0.6) is 0 Å². The van der Waals surface area contributed by atoms with Crippen LogP contribution in [-0.2, 0) is 6.54 Å². The van der Waals surface area contributed by atoms with Gasteiger partial charge in [0.1, 0.15) is 0 Å². The highest BCUT2D eigenvalue weighted by molar-refractivity contribution is 5.76. The fraction of sp³-hybridized carbons (Fsp3) is 0.200. The zero-order valence-electron chi connectivity index (χ0n) is 19.5. The van der Waals surface area contributed by atoms with Gasteiger partial charge in [-0.1, -0.05) is 65.2 Å². The van der Waals surface area contributed by atoms with E-state index >= 15 is 0 Å². The number of rotatable bonds is 7. The number of hydrogen-bond donors (Lipinski definition) is 0. The molecule has 0 aliphatic carbocycles. The number of hydrogen-bond acceptors (Lipinski definition) is 2. The maximum Gasteiger partial charge on any atom is 0.0461 e. The van der Waals surface area contributed by atoms with Crippen LogP contribution in [0.1, 0.15) is 29.2 Å². The minimum Gasteiger partial charge on any atom is -0.367 e. The highest BCUT2D eigenvalue weighted by Crippen LogP contribution is 2.35. The normalized spacial score (nSPS) is 10.8. The first-order chi connectivity index (χ1) is 15.5. The van der Waals surface area contributed by atoms with Gasteiger partial charge in [0.05, 0.1) is 0 Å². The van der Waals surface area contributed by atoms with Crippen molar-refractivity contribution in [3.8, 4) is 0 Å². The first-order valence-electron chi connectivity index (χ1n) is 11.4. The molecule has 0 saturated carbocycles. The Morgan fingerprint density at radius 2 is 0.812 bits per heavy atom. The lowest BCUT2D eigenvalue weighted by atomic mass is 10.1. The van der Waals surface area contributed by atoms with Gasteiger partial charge in [0.15, 0.2) is 0 Å². The van der Waals surface area contributed by atoms with Crippen molar-refractivity contribution in [3.05, 3.63) is 119 Å². The number of anilines is 4. The molecule has 0 saturated heterocycles. The third kappa shape index (κ3) is 5.03. The van der Waals surface area contributed by atoms with E-state index in [0.717, 1.165) is 13.1 Å². The summed E-state index contributed by atoms with van der Waals surface area (Å²) in [6, 6.07) is 35.2. The Morgan fingerprint density at radius 1 is 0.469 bits per heavy atom. The van der Waals surface area contributed by atoms with E-state index in [9.17, 15) is 0 Å². The summed E-state index contributed by atoms with van der Waals surface area (Å²) < 4.78 is 0. The van der Waals surface area contributed by atoms with Gasteiger partial charge in [0, 0.05) is 35.8 Å². The van der Waals surface area contributed by atoms with Gasteiger partial charge < -0.3 is 9.80 Å². The highest BCUT2D eigenvalue weighted by Gasteiger charge is 2.13. The molecule has 32 heavy (non-hydrogen) atoms. The Morgan fingerprint density at radius 3 is 1.19 bits per heavy atom. The maximum absolute atomic E-state index is 2.41. The zero-order valence-corrected chi connectivity index (χ0v) is 19.5. The molecule has 4 rings (SSSR count). The van der Waals surface area contributed by atoms with Crippen molar-refractivity contribution in [1.29, 1.82) is 0 Å². The predicted molar refractivity (Wildman–Crippen MR) is 139 cm³/mol. The molecule has 0 atom stereocenters. The second kappa shape index (κ2) is 9.74. The Kier molecular flexibility index (Phi) is 6.61. The lowest BCUT2D eigenvalue weighted by molar-refractivity contribution is 0.832. The van der Waals surface area contributed by atoms with E-state index in [1.807, 2.05) is 0 Å². The second-order valence-corrected chi connectivity index (χ2v) is 8.52. The van der Waals surface area contributed by atoms with Gasteiger partial charge in [-0.05, 0) is 81.8 Å². The molecule has 0 fully saturated rings. The van der Waals surface area contributed by atoms with Gasteiger partial charge >= 0.3 is 0 Å². The van der Waals surface area contributed by atoms with Gasteiger partial charge in [-0.15, -0.1) is 0 Å². The average molecular weight is 421 g/mol. The van der Waals surface area contributed by atoms with Crippen molar-refractivity contribution in [2.45, 2.75) is 34.2 Å². The molecule has 4 aromatic carbocycles. The van der Waals surface area contributed by atoms with E-state index in [1.165, 1.54) is 45.0 Å². The van der Waals surface area contributed by atoms with E-state index in [4.69, 9.17) is 0 Å². The summed E-state index contributed by atoms with van der Waals surface area (Å²) in [6.07, 6.45) is 0. The van der Waals surface area contributed by atoms with E-state index in [1.54, 1.807) is 0 Å². The maximum atomic E-state index is 2.41. The molecule has 0 aliphatic heterocycles. The molecule has 0 radical (unpaired) electrons. The molecule has 0 N–H and O–H groups in total. The monoisotopic (exact) mass is 420 g/mol. The average Bonchev–Trinajstić information content (AvgIpc) is 2.82. The van der Waals surface area contributed by atoms with E-state index < -0.39 is 0 Å². The summed E-state index contributed by atoms with van der Waals surface area (Å²) in [5.41, 5.74) is 9.91. The fourth-order valence-electron chi connectivity index (χ4n) is 3.95. The Bertz CT molecular complexity index is 1080. The molecule has 0 heterocycles.